The molecule has 0 aliphatic rings. The maximum atomic E-state index is 10.4. The van der Waals surface area contributed by atoms with Gasteiger partial charge in [0.05, 0.1) is 0 Å². The Bertz CT molecular complexity index is 416. The molecule has 0 unspecified atom stereocenters. The minimum Gasteiger partial charge on any atom is -0.481 e. The van der Waals surface area contributed by atoms with Crippen molar-refractivity contribution in [1.82, 2.24) is 0 Å². The van der Waals surface area contributed by atoms with Gasteiger partial charge in [-0.25, -0.2) is 4.79 Å². The number of allylic oxidation sites excluding steroid dienone is 1. The van der Waals surface area contributed by atoms with Gasteiger partial charge in [-0.1, -0.05) is 23.8 Å². The zero-order valence-electron chi connectivity index (χ0n) is 9.03. The summed E-state index contributed by atoms with van der Waals surface area (Å²) < 4.78 is 5.14. The molecule has 0 saturated carbocycles. The van der Waals surface area contributed by atoms with Gasteiger partial charge in [0.1, 0.15) is 5.75 Å². The molecule has 3 nitrogen and oxygen atoms in total. The fraction of sp³-hybridized carbons (Fsp3) is 0.250. The van der Waals surface area contributed by atoms with Crippen LogP contribution < -0.4 is 4.74 Å². The molecule has 0 heterocycles. The van der Waals surface area contributed by atoms with E-state index < -0.39 is 12.6 Å². The number of rotatable bonds is 6. The molecule has 1 rings (SSSR count). The Morgan fingerprint density at radius 1 is 1.47 bits per heavy atom. The monoisotopic (exact) mass is 274 g/mol. The first-order chi connectivity index (χ1) is 8.13. The standard InChI is InChI=1S/C12H12Cl2O3/c13-6-2-1-3-9-4-5-10(14)7-11(9)17-8-12(15)16/h1,3-5,7H,2,6,8H2,(H,15,16). The number of benzene rings is 1. The molecular formula is C12H12Cl2O3. The number of carbonyl (C=O) groups is 1. The summed E-state index contributed by atoms with van der Waals surface area (Å²) in [5, 5.41) is 9.06. The SMILES string of the molecule is O=C(O)COc1cc(Cl)ccc1C=CCCCl. The highest BCUT2D eigenvalue weighted by Gasteiger charge is 2.04. The molecule has 1 aromatic rings. The molecule has 92 valence electrons. The second-order valence-electron chi connectivity index (χ2n) is 3.24. The molecular weight excluding hydrogens is 263 g/mol. The van der Waals surface area contributed by atoms with Crippen LogP contribution in [0.15, 0.2) is 24.3 Å². The van der Waals surface area contributed by atoms with E-state index in [4.69, 9.17) is 33.0 Å². The Morgan fingerprint density at radius 3 is 2.88 bits per heavy atom. The van der Waals surface area contributed by atoms with Crippen molar-refractivity contribution in [1.29, 1.82) is 0 Å². The van der Waals surface area contributed by atoms with Crippen LogP contribution >= 0.6 is 23.2 Å². The summed E-state index contributed by atoms with van der Waals surface area (Å²) in [5.74, 6) is -0.0403. The van der Waals surface area contributed by atoms with Gasteiger partial charge in [-0.15, -0.1) is 11.6 Å². The third kappa shape index (κ3) is 5.11. The number of alkyl halides is 1. The van der Waals surface area contributed by atoms with Crippen molar-refractivity contribution in [2.45, 2.75) is 6.42 Å². The Kier molecular flexibility index (Phi) is 5.87. The Balaban J connectivity index is 2.83. The third-order valence-electron chi connectivity index (χ3n) is 1.90. The molecule has 1 N–H and O–H groups in total. The van der Waals surface area contributed by atoms with E-state index in [1.54, 1.807) is 18.2 Å². The second-order valence-corrected chi connectivity index (χ2v) is 4.06. The summed E-state index contributed by atoms with van der Waals surface area (Å²) in [4.78, 5) is 10.4. The number of hydrogen-bond donors (Lipinski definition) is 1. The average molecular weight is 275 g/mol. The van der Waals surface area contributed by atoms with Crippen LogP contribution in [0.5, 0.6) is 5.75 Å². The molecule has 0 aromatic heterocycles. The maximum Gasteiger partial charge on any atom is 0.341 e. The van der Waals surface area contributed by atoms with Crippen molar-refractivity contribution in [3.63, 3.8) is 0 Å². The lowest BCUT2D eigenvalue weighted by molar-refractivity contribution is -0.139. The van der Waals surface area contributed by atoms with Crippen LogP contribution in [0.1, 0.15) is 12.0 Å². The van der Waals surface area contributed by atoms with Gasteiger partial charge in [-0.3, -0.25) is 0 Å². The largest absolute Gasteiger partial charge is 0.481 e. The van der Waals surface area contributed by atoms with Crippen LogP contribution in [0.4, 0.5) is 0 Å². The highest BCUT2D eigenvalue weighted by Crippen LogP contribution is 2.24. The van der Waals surface area contributed by atoms with Crippen LogP contribution in [-0.2, 0) is 4.79 Å². The van der Waals surface area contributed by atoms with Gasteiger partial charge in [-0.2, -0.15) is 0 Å². The van der Waals surface area contributed by atoms with Crippen molar-refractivity contribution >= 4 is 35.2 Å². The average Bonchev–Trinajstić information content (AvgIpc) is 2.29. The highest BCUT2D eigenvalue weighted by atomic mass is 35.5. The summed E-state index contributed by atoms with van der Waals surface area (Å²) in [5.41, 5.74) is 0.778. The van der Waals surface area contributed by atoms with Crippen LogP contribution in [0, 0.1) is 0 Å². The van der Waals surface area contributed by atoms with E-state index in [0.29, 0.717) is 16.7 Å². The lowest BCUT2D eigenvalue weighted by Gasteiger charge is -2.07. The van der Waals surface area contributed by atoms with Gasteiger partial charge < -0.3 is 9.84 Å². The number of carboxylic acid groups (broad SMARTS) is 1. The molecule has 0 bridgehead atoms. The molecule has 0 atom stereocenters. The first-order valence-corrected chi connectivity index (χ1v) is 5.91. The minimum absolute atomic E-state index is 0.392. The van der Waals surface area contributed by atoms with E-state index in [1.807, 2.05) is 12.2 Å². The molecule has 0 saturated heterocycles. The first kappa shape index (κ1) is 13.9. The summed E-state index contributed by atoms with van der Waals surface area (Å²) >= 11 is 11.4. The number of halogens is 2. The van der Waals surface area contributed by atoms with Gasteiger partial charge in [0.2, 0.25) is 0 Å². The van der Waals surface area contributed by atoms with Crippen LogP contribution in [0.2, 0.25) is 5.02 Å². The van der Waals surface area contributed by atoms with Gasteiger partial charge in [0, 0.05) is 16.5 Å². The van der Waals surface area contributed by atoms with Gasteiger partial charge in [0.15, 0.2) is 6.61 Å². The third-order valence-corrected chi connectivity index (χ3v) is 2.35. The van der Waals surface area contributed by atoms with Crippen molar-refractivity contribution in [3.8, 4) is 5.75 Å². The fourth-order valence-corrected chi connectivity index (χ4v) is 1.47. The van der Waals surface area contributed by atoms with Crippen molar-refractivity contribution < 1.29 is 14.6 Å². The molecule has 17 heavy (non-hydrogen) atoms. The van der Waals surface area contributed by atoms with Crippen molar-refractivity contribution in [2.75, 3.05) is 12.5 Å². The summed E-state index contributed by atoms with van der Waals surface area (Å²) in [6.07, 6.45) is 4.46. The molecule has 0 fully saturated rings. The van der Waals surface area contributed by atoms with Gasteiger partial charge >= 0.3 is 5.97 Å². The molecule has 0 spiro atoms. The van der Waals surface area contributed by atoms with Crippen LogP contribution in [0.3, 0.4) is 0 Å². The van der Waals surface area contributed by atoms with E-state index >= 15 is 0 Å². The number of hydrogen-bond acceptors (Lipinski definition) is 2. The number of aliphatic carboxylic acids is 1. The molecule has 0 aliphatic heterocycles. The van der Waals surface area contributed by atoms with Crippen LogP contribution in [-0.4, -0.2) is 23.6 Å². The van der Waals surface area contributed by atoms with E-state index in [0.717, 1.165) is 12.0 Å². The van der Waals surface area contributed by atoms with Gasteiger partial charge in [0.25, 0.3) is 0 Å². The quantitative estimate of drug-likeness (QED) is 0.809. The Hall–Kier alpha value is -1.19. The number of ether oxygens (including phenoxy) is 1. The molecule has 0 radical (unpaired) electrons. The smallest absolute Gasteiger partial charge is 0.341 e. The van der Waals surface area contributed by atoms with Crippen molar-refractivity contribution in [2.24, 2.45) is 0 Å². The van der Waals surface area contributed by atoms with E-state index in [9.17, 15) is 4.79 Å². The van der Waals surface area contributed by atoms with Crippen LogP contribution in [0.25, 0.3) is 6.08 Å². The molecule has 0 amide bonds. The Labute approximate surface area is 110 Å². The summed E-state index contributed by atoms with van der Waals surface area (Å²) in [7, 11) is 0. The molecule has 0 aliphatic carbocycles. The lowest BCUT2D eigenvalue weighted by atomic mass is 10.2. The Morgan fingerprint density at radius 2 is 2.24 bits per heavy atom. The summed E-state index contributed by atoms with van der Waals surface area (Å²) in [6, 6.07) is 5.07. The zero-order valence-corrected chi connectivity index (χ0v) is 10.5. The lowest BCUT2D eigenvalue weighted by Crippen LogP contribution is -2.10. The second kappa shape index (κ2) is 7.20. The zero-order chi connectivity index (χ0) is 12.7. The van der Waals surface area contributed by atoms with E-state index in [-0.39, 0.29) is 0 Å². The predicted octanol–water partition coefficient (Wildman–Crippen LogP) is 3.45. The predicted molar refractivity (Wildman–Crippen MR) is 69.0 cm³/mol. The normalized spacial score (nSPS) is 10.7. The fourth-order valence-electron chi connectivity index (χ4n) is 1.18. The minimum atomic E-state index is -1.03. The topological polar surface area (TPSA) is 46.5 Å². The summed E-state index contributed by atoms with van der Waals surface area (Å²) in [6.45, 7) is -0.392. The van der Waals surface area contributed by atoms with E-state index in [2.05, 4.69) is 0 Å². The molecule has 5 heteroatoms. The maximum absolute atomic E-state index is 10.4. The first-order valence-electron chi connectivity index (χ1n) is 5.00. The number of carboxylic acids is 1. The molecule has 1 aromatic carbocycles. The van der Waals surface area contributed by atoms with Gasteiger partial charge in [-0.05, 0) is 24.6 Å². The van der Waals surface area contributed by atoms with Crippen molar-refractivity contribution in [3.05, 3.63) is 34.9 Å². The van der Waals surface area contributed by atoms with E-state index in [1.165, 1.54) is 0 Å². The highest BCUT2D eigenvalue weighted by molar-refractivity contribution is 6.30.